The van der Waals surface area contributed by atoms with E-state index in [1.54, 1.807) is 35.8 Å². The van der Waals surface area contributed by atoms with E-state index in [1.165, 1.54) is 5.56 Å². The molecule has 1 saturated heterocycles. The third-order valence-corrected chi connectivity index (χ3v) is 6.56. The van der Waals surface area contributed by atoms with Crippen LogP contribution in [0.25, 0.3) is 0 Å². The molecule has 2 aromatic carbocycles. The molecule has 2 aliphatic heterocycles. The second kappa shape index (κ2) is 10.7. The van der Waals surface area contributed by atoms with E-state index in [9.17, 15) is 14.4 Å². The first-order valence-electron chi connectivity index (χ1n) is 12.0. The smallest absolute Gasteiger partial charge is 0.308 e. The molecule has 0 saturated carbocycles. The molecule has 2 amide bonds. The number of nitrogens with zero attached hydrogens (tertiary/aromatic N) is 2. The lowest BCUT2D eigenvalue weighted by atomic mass is 9.90. The Morgan fingerprint density at radius 2 is 1.74 bits per heavy atom. The Hall–Kier alpha value is -3.35. The normalized spacial score (nSPS) is 19.2. The van der Waals surface area contributed by atoms with Crippen LogP contribution in [0, 0.1) is 5.92 Å². The molecule has 2 aliphatic rings. The molecular weight excluding hydrogens is 432 g/mol. The lowest BCUT2D eigenvalue weighted by Crippen LogP contribution is -2.46. The molecule has 7 nitrogen and oxygen atoms in total. The van der Waals surface area contributed by atoms with Gasteiger partial charge in [-0.1, -0.05) is 42.5 Å². The van der Waals surface area contributed by atoms with Gasteiger partial charge in [0.15, 0.2) is 12.2 Å². The van der Waals surface area contributed by atoms with Gasteiger partial charge in [0.1, 0.15) is 5.75 Å². The zero-order valence-corrected chi connectivity index (χ0v) is 19.8. The number of rotatable bonds is 7. The molecule has 0 unspecified atom stereocenters. The molecule has 0 aliphatic carbocycles. The van der Waals surface area contributed by atoms with E-state index in [1.807, 2.05) is 18.2 Å². The fourth-order valence-electron chi connectivity index (χ4n) is 4.66. The lowest BCUT2D eigenvalue weighted by Gasteiger charge is -2.34. The molecule has 1 fully saturated rings. The first-order chi connectivity index (χ1) is 16.4. The fourth-order valence-corrected chi connectivity index (χ4v) is 4.66. The van der Waals surface area contributed by atoms with Crippen LogP contribution in [0.2, 0.25) is 0 Å². The van der Waals surface area contributed by atoms with Crippen molar-refractivity contribution in [1.29, 1.82) is 0 Å². The minimum atomic E-state index is -0.843. The zero-order chi connectivity index (χ0) is 24.1. The summed E-state index contributed by atoms with van der Waals surface area (Å²) in [6, 6.07) is 17.7. The van der Waals surface area contributed by atoms with Crippen LogP contribution in [0.3, 0.4) is 0 Å². The Morgan fingerprint density at radius 1 is 1.06 bits per heavy atom. The molecule has 0 bridgehead atoms. The van der Waals surface area contributed by atoms with Crippen molar-refractivity contribution < 1.29 is 23.9 Å². The van der Waals surface area contributed by atoms with Crippen molar-refractivity contribution in [3.63, 3.8) is 0 Å². The van der Waals surface area contributed by atoms with Crippen molar-refractivity contribution in [2.24, 2.45) is 5.92 Å². The van der Waals surface area contributed by atoms with Crippen molar-refractivity contribution in [3.05, 3.63) is 60.2 Å². The van der Waals surface area contributed by atoms with E-state index in [0.717, 1.165) is 19.3 Å². The minimum Gasteiger partial charge on any atom is -0.479 e. The van der Waals surface area contributed by atoms with Crippen LogP contribution in [0.5, 0.6) is 5.75 Å². The molecule has 34 heavy (non-hydrogen) atoms. The maximum Gasteiger partial charge on any atom is 0.308 e. The fraction of sp³-hybridized carbons (Fsp3) is 0.444. The van der Waals surface area contributed by atoms with Gasteiger partial charge >= 0.3 is 5.97 Å². The lowest BCUT2D eigenvalue weighted by molar-refractivity contribution is -0.159. The summed E-state index contributed by atoms with van der Waals surface area (Å²) in [6.07, 6.45) is 1.45. The summed E-state index contributed by atoms with van der Waals surface area (Å²) in [5.74, 6) is 0.314. The van der Waals surface area contributed by atoms with Crippen molar-refractivity contribution in [2.75, 3.05) is 24.5 Å². The number of carbonyl (C=O) groups is 3. The van der Waals surface area contributed by atoms with Gasteiger partial charge < -0.3 is 19.3 Å². The van der Waals surface area contributed by atoms with Crippen LogP contribution in [0.15, 0.2) is 54.6 Å². The highest BCUT2D eigenvalue weighted by molar-refractivity contribution is 6.00. The van der Waals surface area contributed by atoms with Gasteiger partial charge in [0.2, 0.25) is 0 Å². The number of amides is 2. The molecule has 7 heteroatoms. The van der Waals surface area contributed by atoms with Gasteiger partial charge in [-0.3, -0.25) is 14.4 Å². The maximum absolute atomic E-state index is 12.8. The first kappa shape index (κ1) is 23.8. The number of benzene rings is 2. The van der Waals surface area contributed by atoms with Crippen LogP contribution >= 0.6 is 0 Å². The van der Waals surface area contributed by atoms with Crippen LogP contribution in [0.1, 0.15) is 38.7 Å². The molecule has 0 N–H and O–H groups in total. The Bertz CT molecular complexity index is 1020. The van der Waals surface area contributed by atoms with Crippen molar-refractivity contribution in [2.45, 2.75) is 51.7 Å². The average Bonchev–Trinajstić information content (AvgIpc) is 2.85. The molecule has 180 valence electrons. The number of para-hydroxylation sites is 2. The molecule has 0 spiro atoms. The topological polar surface area (TPSA) is 76.1 Å². The van der Waals surface area contributed by atoms with Crippen molar-refractivity contribution >= 4 is 23.5 Å². The van der Waals surface area contributed by atoms with E-state index in [2.05, 4.69) is 24.3 Å². The third-order valence-electron chi connectivity index (χ3n) is 6.56. The summed E-state index contributed by atoms with van der Waals surface area (Å²) in [4.78, 5) is 41.2. The molecule has 0 radical (unpaired) electrons. The highest BCUT2D eigenvalue weighted by Crippen LogP contribution is 2.33. The van der Waals surface area contributed by atoms with E-state index in [0.29, 0.717) is 30.4 Å². The number of fused-ring (bicyclic) bond motifs is 1. The predicted molar refractivity (Wildman–Crippen MR) is 129 cm³/mol. The highest BCUT2D eigenvalue weighted by atomic mass is 16.5. The number of hydrogen-bond donors (Lipinski definition) is 0. The van der Waals surface area contributed by atoms with E-state index >= 15 is 0 Å². The molecule has 0 aromatic heterocycles. The second-order valence-corrected chi connectivity index (χ2v) is 9.06. The van der Waals surface area contributed by atoms with Crippen molar-refractivity contribution in [1.82, 2.24) is 4.90 Å². The number of ether oxygens (including phenoxy) is 2. The number of piperidine rings is 1. The quantitative estimate of drug-likeness (QED) is 0.585. The van der Waals surface area contributed by atoms with Crippen LogP contribution in [0.4, 0.5) is 5.69 Å². The summed E-state index contributed by atoms with van der Waals surface area (Å²) in [5.41, 5.74) is 1.96. The van der Waals surface area contributed by atoms with Crippen LogP contribution < -0.4 is 9.64 Å². The maximum atomic E-state index is 12.8. The van der Waals surface area contributed by atoms with E-state index in [4.69, 9.17) is 9.47 Å². The number of esters is 1. The zero-order valence-electron chi connectivity index (χ0n) is 19.8. The molecule has 2 heterocycles. The summed E-state index contributed by atoms with van der Waals surface area (Å²) in [7, 11) is 0. The molecule has 4 rings (SSSR count). The number of anilines is 1. The van der Waals surface area contributed by atoms with Gasteiger partial charge in [-0.15, -0.1) is 0 Å². The third kappa shape index (κ3) is 5.58. The molecule has 2 aromatic rings. The Morgan fingerprint density at radius 3 is 2.47 bits per heavy atom. The summed E-state index contributed by atoms with van der Waals surface area (Å²) < 4.78 is 11.1. The van der Waals surface area contributed by atoms with E-state index < -0.39 is 18.2 Å². The number of likely N-dealkylation sites (tertiary alicyclic amines) is 1. The monoisotopic (exact) mass is 464 g/mol. The van der Waals surface area contributed by atoms with Gasteiger partial charge in [0.25, 0.3) is 11.8 Å². The largest absolute Gasteiger partial charge is 0.479 e. The van der Waals surface area contributed by atoms with Gasteiger partial charge in [-0.05, 0) is 56.7 Å². The number of carbonyl (C=O) groups excluding carboxylic acids is 3. The minimum absolute atomic E-state index is 0.00354. The Labute approximate surface area is 200 Å². The first-order valence-corrected chi connectivity index (χ1v) is 12.0. The van der Waals surface area contributed by atoms with Crippen LogP contribution in [-0.4, -0.2) is 54.5 Å². The average molecular weight is 465 g/mol. The predicted octanol–water partition coefficient (Wildman–Crippen LogP) is 3.60. The Balaban J connectivity index is 1.24. The SMILES string of the molecule is C[C@H](OC(=O)CCN1C(=O)[C@H](C)Oc2ccccc21)C(=O)N1CCC(Cc2ccccc2)CC1. The van der Waals surface area contributed by atoms with Crippen LogP contribution in [-0.2, 0) is 25.5 Å². The Kier molecular flexibility index (Phi) is 7.50. The van der Waals surface area contributed by atoms with Gasteiger partial charge in [-0.2, -0.15) is 0 Å². The van der Waals surface area contributed by atoms with Gasteiger partial charge in [-0.25, -0.2) is 0 Å². The summed E-state index contributed by atoms with van der Waals surface area (Å²) in [5, 5.41) is 0. The highest BCUT2D eigenvalue weighted by Gasteiger charge is 2.32. The molecule has 2 atom stereocenters. The van der Waals surface area contributed by atoms with Gasteiger partial charge in [0.05, 0.1) is 12.1 Å². The van der Waals surface area contributed by atoms with E-state index in [-0.39, 0.29) is 24.8 Å². The standard InChI is InChI=1S/C27H32N2O5/c1-19(26(31)28-15-12-22(13-16-28)18-21-8-4-3-5-9-21)34-25(30)14-17-29-23-10-6-7-11-24(23)33-20(2)27(29)32/h3-11,19-20,22H,12-18H2,1-2H3/t19-,20-/m0/s1. The second-order valence-electron chi connectivity index (χ2n) is 9.06. The van der Waals surface area contributed by atoms with Crippen molar-refractivity contribution in [3.8, 4) is 5.75 Å². The van der Waals surface area contributed by atoms with Gasteiger partial charge in [0, 0.05) is 19.6 Å². The molecular formula is C27H32N2O5. The summed E-state index contributed by atoms with van der Waals surface area (Å²) >= 11 is 0. The summed E-state index contributed by atoms with van der Waals surface area (Å²) in [6.45, 7) is 4.83. The number of hydrogen-bond acceptors (Lipinski definition) is 5.